The molecule has 0 bridgehead atoms. The van der Waals surface area contributed by atoms with Gasteiger partial charge < -0.3 is 9.42 Å². The Morgan fingerprint density at radius 3 is 2.33 bits per heavy atom. The molecular weight excluding hydrogens is 373 g/mol. The first-order chi connectivity index (χ1) is 12.8. The standard InChI is InChI=1S/C18H22FN3O4S/c1-13-17(14(2)26-20-13)7-8-18(23)21-9-11-22(12-10-21)27(24,25)16-5-3-15(19)4-6-16/h3-6H,7-12H2,1-2H3. The number of rotatable bonds is 5. The molecule has 2 aromatic rings. The van der Waals surface area contributed by atoms with Gasteiger partial charge in [0.25, 0.3) is 0 Å². The quantitative estimate of drug-likeness (QED) is 0.772. The number of sulfonamides is 1. The molecule has 1 aromatic heterocycles. The summed E-state index contributed by atoms with van der Waals surface area (Å²) in [7, 11) is -3.68. The maximum atomic E-state index is 13.0. The number of carbonyl (C=O) groups excluding carboxylic acids is 1. The molecule has 1 saturated heterocycles. The van der Waals surface area contributed by atoms with Crippen molar-refractivity contribution in [1.82, 2.24) is 14.4 Å². The first kappa shape index (κ1) is 19.5. The molecule has 1 fully saturated rings. The first-order valence-corrected chi connectivity index (χ1v) is 10.2. The molecule has 27 heavy (non-hydrogen) atoms. The monoisotopic (exact) mass is 395 g/mol. The van der Waals surface area contributed by atoms with E-state index in [1.165, 1.54) is 16.4 Å². The van der Waals surface area contributed by atoms with Crippen molar-refractivity contribution in [2.45, 2.75) is 31.6 Å². The normalized spacial score (nSPS) is 15.9. The summed E-state index contributed by atoms with van der Waals surface area (Å²) in [4.78, 5) is 14.2. The summed E-state index contributed by atoms with van der Waals surface area (Å²) in [6, 6.07) is 4.76. The van der Waals surface area contributed by atoms with Crippen molar-refractivity contribution >= 4 is 15.9 Å². The van der Waals surface area contributed by atoms with Crippen LogP contribution in [0.1, 0.15) is 23.4 Å². The van der Waals surface area contributed by atoms with Crippen LogP contribution in [0, 0.1) is 19.7 Å². The van der Waals surface area contributed by atoms with Crippen LogP contribution in [0.5, 0.6) is 0 Å². The van der Waals surface area contributed by atoms with E-state index >= 15 is 0 Å². The van der Waals surface area contributed by atoms with Gasteiger partial charge in [0, 0.05) is 38.2 Å². The van der Waals surface area contributed by atoms with E-state index in [0.717, 1.165) is 29.2 Å². The Morgan fingerprint density at radius 2 is 1.78 bits per heavy atom. The molecule has 0 unspecified atom stereocenters. The van der Waals surface area contributed by atoms with E-state index in [9.17, 15) is 17.6 Å². The van der Waals surface area contributed by atoms with Gasteiger partial charge in [-0.1, -0.05) is 5.16 Å². The Morgan fingerprint density at radius 1 is 1.15 bits per heavy atom. The summed E-state index contributed by atoms with van der Waals surface area (Å²) in [6.45, 7) is 4.77. The second kappa shape index (κ2) is 7.77. The van der Waals surface area contributed by atoms with Gasteiger partial charge in [-0.05, 0) is 44.5 Å². The van der Waals surface area contributed by atoms with Crippen LogP contribution in [0.25, 0.3) is 0 Å². The van der Waals surface area contributed by atoms with Gasteiger partial charge in [0.05, 0.1) is 10.6 Å². The lowest BCUT2D eigenvalue weighted by Crippen LogP contribution is -2.50. The third kappa shape index (κ3) is 4.19. The molecule has 0 radical (unpaired) electrons. The molecule has 1 amide bonds. The molecule has 0 aliphatic carbocycles. The van der Waals surface area contributed by atoms with Gasteiger partial charge in [-0.2, -0.15) is 4.31 Å². The molecule has 3 rings (SSSR count). The van der Waals surface area contributed by atoms with Crippen molar-refractivity contribution in [2.24, 2.45) is 0 Å². The Labute approximate surface area is 157 Å². The highest BCUT2D eigenvalue weighted by Gasteiger charge is 2.30. The predicted molar refractivity (Wildman–Crippen MR) is 96.0 cm³/mol. The number of halogens is 1. The molecule has 0 N–H and O–H groups in total. The lowest BCUT2D eigenvalue weighted by Gasteiger charge is -2.34. The van der Waals surface area contributed by atoms with Crippen LogP contribution in [-0.4, -0.2) is 54.9 Å². The molecule has 1 aromatic carbocycles. The zero-order valence-corrected chi connectivity index (χ0v) is 16.1. The van der Waals surface area contributed by atoms with Crippen LogP contribution < -0.4 is 0 Å². The molecular formula is C18H22FN3O4S. The van der Waals surface area contributed by atoms with Crippen molar-refractivity contribution in [3.05, 3.63) is 47.1 Å². The van der Waals surface area contributed by atoms with Crippen LogP contribution >= 0.6 is 0 Å². The predicted octanol–water partition coefficient (Wildman–Crippen LogP) is 1.90. The Balaban J connectivity index is 1.56. The average Bonchev–Trinajstić information content (AvgIpc) is 2.98. The van der Waals surface area contributed by atoms with E-state index in [0.29, 0.717) is 25.9 Å². The Bertz CT molecular complexity index is 897. The summed E-state index contributed by atoms with van der Waals surface area (Å²) < 4.78 is 44.7. The number of hydrogen-bond donors (Lipinski definition) is 0. The third-order valence-electron chi connectivity index (χ3n) is 4.81. The molecule has 146 valence electrons. The minimum absolute atomic E-state index is 0.0196. The molecule has 1 aliphatic heterocycles. The van der Waals surface area contributed by atoms with E-state index in [4.69, 9.17) is 4.52 Å². The maximum absolute atomic E-state index is 13.0. The third-order valence-corrected chi connectivity index (χ3v) is 6.73. The molecule has 2 heterocycles. The smallest absolute Gasteiger partial charge is 0.243 e. The van der Waals surface area contributed by atoms with Crippen molar-refractivity contribution in [2.75, 3.05) is 26.2 Å². The number of aromatic nitrogens is 1. The van der Waals surface area contributed by atoms with Gasteiger partial charge >= 0.3 is 0 Å². The van der Waals surface area contributed by atoms with Crippen molar-refractivity contribution in [1.29, 1.82) is 0 Å². The number of carbonyl (C=O) groups is 1. The molecule has 9 heteroatoms. The summed E-state index contributed by atoms with van der Waals surface area (Å²) in [5.74, 6) is 0.215. The lowest BCUT2D eigenvalue weighted by molar-refractivity contribution is -0.132. The number of aryl methyl sites for hydroxylation is 2. The number of piperazine rings is 1. The first-order valence-electron chi connectivity index (χ1n) is 8.74. The van der Waals surface area contributed by atoms with Gasteiger partial charge in [0.15, 0.2) is 0 Å². The fourth-order valence-corrected chi connectivity index (χ4v) is 4.60. The number of amides is 1. The van der Waals surface area contributed by atoms with Gasteiger partial charge in [0.2, 0.25) is 15.9 Å². The summed E-state index contributed by atoms with van der Waals surface area (Å²) in [5.41, 5.74) is 1.73. The number of nitrogens with zero attached hydrogens (tertiary/aromatic N) is 3. The van der Waals surface area contributed by atoms with E-state index in [2.05, 4.69) is 5.16 Å². The summed E-state index contributed by atoms with van der Waals surface area (Å²) >= 11 is 0. The van der Waals surface area contributed by atoms with E-state index in [1.54, 1.807) is 4.90 Å². The average molecular weight is 395 g/mol. The fraction of sp³-hybridized carbons (Fsp3) is 0.444. The zero-order valence-electron chi connectivity index (χ0n) is 15.3. The van der Waals surface area contributed by atoms with Gasteiger partial charge in [-0.3, -0.25) is 4.79 Å². The highest BCUT2D eigenvalue weighted by atomic mass is 32.2. The second-order valence-corrected chi connectivity index (χ2v) is 8.48. The highest BCUT2D eigenvalue weighted by molar-refractivity contribution is 7.89. The topological polar surface area (TPSA) is 83.7 Å². The fourth-order valence-electron chi connectivity index (χ4n) is 3.18. The molecule has 0 spiro atoms. The van der Waals surface area contributed by atoms with Gasteiger partial charge in [0.1, 0.15) is 11.6 Å². The summed E-state index contributed by atoms with van der Waals surface area (Å²) in [5, 5.41) is 3.88. The van der Waals surface area contributed by atoms with Gasteiger partial charge in [-0.25, -0.2) is 12.8 Å². The summed E-state index contributed by atoms with van der Waals surface area (Å²) in [6.07, 6.45) is 0.877. The van der Waals surface area contributed by atoms with Crippen LogP contribution in [-0.2, 0) is 21.2 Å². The minimum Gasteiger partial charge on any atom is -0.361 e. The van der Waals surface area contributed by atoms with Crippen LogP contribution in [0.2, 0.25) is 0 Å². The molecule has 0 saturated carbocycles. The SMILES string of the molecule is Cc1noc(C)c1CCC(=O)N1CCN(S(=O)(=O)c2ccc(F)cc2)CC1. The second-order valence-electron chi connectivity index (χ2n) is 6.54. The van der Waals surface area contributed by atoms with E-state index < -0.39 is 15.8 Å². The van der Waals surface area contributed by atoms with Crippen molar-refractivity contribution in [3.8, 4) is 0 Å². The van der Waals surface area contributed by atoms with E-state index in [1.807, 2.05) is 13.8 Å². The number of benzene rings is 1. The largest absolute Gasteiger partial charge is 0.361 e. The Hall–Kier alpha value is -2.26. The van der Waals surface area contributed by atoms with Gasteiger partial charge in [-0.15, -0.1) is 0 Å². The number of hydrogen-bond acceptors (Lipinski definition) is 5. The highest BCUT2D eigenvalue weighted by Crippen LogP contribution is 2.19. The van der Waals surface area contributed by atoms with Crippen molar-refractivity contribution in [3.63, 3.8) is 0 Å². The minimum atomic E-state index is -3.68. The van der Waals surface area contributed by atoms with Crippen LogP contribution in [0.3, 0.4) is 0 Å². The van der Waals surface area contributed by atoms with E-state index in [-0.39, 0.29) is 23.9 Å². The maximum Gasteiger partial charge on any atom is 0.243 e. The Kier molecular flexibility index (Phi) is 5.61. The van der Waals surface area contributed by atoms with Crippen molar-refractivity contribution < 1.29 is 22.1 Å². The van der Waals surface area contributed by atoms with Crippen LogP contribution in [0.15, 0.2) is 33.7 Å². The molecule has 7 nitrogen and oxygen atoms in total. The molecule has 1 aliphatic rings. The lowest BCUT2D eigenvalue weighted by atomic mass is 10.1. The molecule has 0 atom stereocenters. The van der Waals surface area contributed by atoms with Crippen LogP contribution in [0.4, 0.5) is 4.39 Å². The zero-order chi connectivity index (χ0) is 19.6.